The van der Waals surface area contributed by atoms with Crippen LogP contribution in [0.5, 0.6) is 0 Å². The van der Waals surface area contributed by atoms with Gasteiger partial charge in [0, 0.05) is 19.2 Å². The van der Waals surface area contributed by atoms with E-state index in [1.54, 1.807) is 4.67 Å². The van der Waals surface area contributed by atoms with Crippen molar-refractivity contribution in [3.63, 3.8) is 0 Å². The fourth-order valence-corrected chi connectivity index (χ4v) is 2.38. The molecule has 1 aliphatic heterocycles. The Morgan fingerprint density at radius 3 is 2.50 bits per heavy atom. The van der Waals surface area contributed by atoms with Crippen molar-refractivity contribution < 1.29 is 4.79 Å². The first kappa shape index (κ1) is 15.1. The van der Waals surface area contributed by atoms with Gasteiger partial charge in [0.2, 0.25) is 7.41 Å². The molecule has 1 radical (unpaired) electrons. The first-order chi connectivity index (χ1) is 9.47. The van der Waals surface area contributed by atoms with Crippen molar-refractivity contribution >= 4 is 28.5 Å². The van der Waals surface area contributed by atoms with Crippen LogP contribution in [0, 0.1) is 0 Å². The number of nitrogens with one attached hydrogen (secondary N) is 1. The molecule has 2 atom stereocenters. The third kappa shape index (κ3) is 3.65. The van der Waals surface area contributed by atoms with Crippen molar-refractivity contribution in [2.45, 2.75) is 6.04 Å². The maximum Gasteiger partial charge on any atom is 0.320 e. The quantitative estimate of drug-likeness (QED) is 0.652. The monoisotopic (exact) mass is 291 g/mol. The summed E-state index contributed by atoms with van der Waals surface area (Å²) in [5.41, 5.74) is 2.30. The van der Waals surface area contributed by atoms with E-state index in [4.69, 9.17) is 0 Å². The average Bonchev–Trinajstić information content (AvgIpc) is 2.76. The Morgan fingerprint density at radius 2 is 2.00 bits per heavy atom. The summed E-state index contributed by atoms with van der Waals surface area (Å²) in [5, 5.41) is 2.95. The van der Waals surface area contributed by atoms with Crippen LogP contribution in [-0.2, 0) is 0 Å². The molecule has 5 nitrogen and oxygen atoms in total. The molecule has 1 aromatic carbocycles. The zero-order chi connectivity index (χ0) is 14.7. The van der Waals surface area contributed by atoms with Crippen LogP contribution in [0.3, 0.4) is 0 Å². The van der Waals surface area contributed by atoms with Crippen LogP contribution in [0.25, 0.3) is 0 Å². The van der Waals surface area contributed by atoms with Gasteiger partial charge in [0.15, 0.2) is 0 Å². The number of benzene rings is 1. The summed E-state index contributed by atoms with van der Waals surface area (Å²) in [6.45, 7) is 0.688. The van der Waals surface area contributed by atoms with Crippen molar-refractivity contribution in [3.8, 4) is 0 Å². The molecule has 0 saturated carbocycles. The lowest BCUT2D eigenvalue weighted by Crippen LogP contribution is -2.31. The number of anilines is 1. The molecule has 0 aromatic heterocycles. The highest BCUT2D eigenvalue weighted by Gasteiger charge is 2.26. The molecule has 0 aliphatic carbocycles. The van der Waals surface area contributed by atoms with Crippen LogP contribution < -0.4 is 10.2 Å². The molecule has 2 rings (SSSR count). The van der Waals surface area contributed by atoms with E-state index in [9.17, 15) is 4.79 Å². The Bertz CT molecular complexity index is 468. The van der Waals surface area contributed by atoms with E-state index in [-0.39, 0.29) is 12.1 Å². The summed E-state index contributed by atoms with van der Waals surface area (Å²) in [5.74, 6) is 0. The lowest BCUT2D eigenvalue weighted by atomic mass is 9.92. The van der Waals surface area contributed by atoms with Gasteiger partial charge in [0.05, 0.1) is 12.6 Å². The van der Waals surface area contributed by atoms with E-state index in [1.807, 2.05) is 18.9 Å². The number of hydrogen-bond acceptors (Lipinski definition) is 3. The van der Waals surface area contributed by atoms with Gasteiger partial charge in [-0.1, -0.05) is 12.1 Å². The molecule has 0 bridgehead atoms. The van der Waals surface area contributed by atoms with Crippen LogP contribution in [0.2, 0.25) is 0 Å². The van der Waals surface area contributed by atoms with Gasteiger partial charge in [-0.2, -0.15) is 0 Å². The molecule has 1 aromatic rings. The van der Waals surface area contributed by atoms with Gasteiger partial charge in [0.25, 0.3) is 0 Å². The molecule has 1 fully saturated rings. The summed E-state index contributed by atoms with van der Waals surface area (Å²) < 4.78 is 1.62. The number of urea groups is 1. The van der Waals surface area contributed by atoms with Crippen molar-refractivity contribution in [1.82, 2.24) is 14.8 Å². The zero-order valence-electron chi connectivity index (χ0n) is 12.2. The number of nitrogens with zero attached hydrogens (tertiary/aromatic N) is 3. The molecule has 2 amide bonds. The highest BCUT2D eigenvalue weighted by atomic mass is 31.0. The SMILES string of the molecule is CN(C)[B]CN(C)c1ccc(C2CN(P)C(=O)N2)cc1. The van der Waals surface area contributed by atoms with Crippen LogP contribution in [0.4, 0.5) is 10.5 Å². The Balaban J connectivity index is 1.98. The van der Waals surface area contributed by atoms with Crippen molar-refractivity contribution in [1.29, 1.82) is 0 Å². The third-order valence-electron chi connectivity index (χ3n) is 3.39. The van der Waals surface area contributed by atoms with Crippen LogP contribution in [0.15, 0.2) is 24.3 Å². The Hall–Kier alpha value is -1.26. The molecule has 1 heterocycles. The first-order valence-corrected chi connectivity index (χ1v) is 7.12. The molecular weight excluding hydrogens is 270 g/mol. The highest BCUT2D eigenvalue weighted by molar-refractivity contribution is 7.14. The topological polar surface area (TPSA) is 38.8 Å². The fraction of sp³-hybridized carbons (Fsp3) is 0.462. The molecular formula is C13H21BN4OP. The minimum Gasteiger partial charge on any atom is -0.381 e. The number of amides is 2. The lowest BCUT2D eigenvalue weighted by Gasteiger charge is -2.21. The largest absolute Gasteiger partial charge is 0.381 e. The Kier molecular flexibility index (Phi) is 4.89. The zero-order valence-corrected chi connectivity index (χ0v) is 13.4. The van der Waals surface area contributed by atoms with Gasteiger partial charge in [-0.05, 0) is 41.2 Å². The second kappa shape index (κ2) is 6.46. The van der Waals surface area contributed by atoms with E-state index in [0.717, 1.165) is 12.0 Å². The van der Waals surface area contributed by atoms with E-state index in [1.165, 1.54) is 5.69 Å². The standard InChI is InChI=1S/C13H21BN4OP/c1-16(2)14-9-17(3)11-6-4-10(5-7-11)12-8-18(20)13(19)15-12/h4-7,12H,8-9,20H2,1-3H3,(H,15,19). The predicted molar refractivity (Wildman–Crippen MR) is 86.8 cm³/mol. The molecule has 0 spiro atoms. The number of carbonyl (C=O) groups excluding carboxylic acids is 1. The first-order valence-electron chi connectivity index (χ1n) is 6.61. The van der Waals surface area contributed by atoms with Crippen LogP contribution in [-0.4, -0.2) is 57.1 Å². The maximum atomic E-state index is 11.5. The fourth-order valence-electron chi connectivity index (χ4n) is 2.10. The molecule has 2 unspecified atom stereocenters. The molecule has 1 N–H and O–H groups in total. The van der Waals surface area contributed by atoms with Crippen LogP contribution in [0.1, 0.15) is 11.6 Å². The second-order valence-electron chi connectivity index (χ2n) is 5.27. The van der Waals surface area contributed by atoms with Crippen molar-refractivity contribution in [3.05, 3.63) is 29.8 Å². The molecule has 1 aliphatic rings. The van der Waals surface area contributed by atoms with Gasteiger partial charge < -0.3 is 19.7 Å². The minimum atomic E-state index is -0.0400. The Labute approximate surface area is 123 Å². The maximum absolute atomic E-state index is 11.5. The van der Waals surface area contributed by atoms with Crippen LogP contribution >= 0.6 is 9.39 Å². The summed E-state index contributed by atoms with van der Waals surface area (Å²) in [6.07, 6.45) is 0.867. The van der Waals surface area contributed by atoms with Gasteiger partial charge in [-0.3, -0.25) is 0 Å². The van der Waals surface area contributed by atoms with E-state index in [0.29, 0.717) is 6.54 Å². The molecule has 107 valence electrons. The predicted octanol–water partition coefficient (Wildman–Crippen LogP) is 1.12. The van der Waals surface area contributed by atoms with Crippen molar-refractivity contribution in [2.75, 3.05) is 39.0 Å². The normalized spacial score (nSPS) is 18.4. The lowest BCUT2D eigenvalue weighted by molar-refractivity contribution is 0.237. The van der Waals surface area contributed by atoms with E-state index >= 15 is 0 Å². The summed E-state index contributed by atoms with van der Waals surface area (Å²) in [7, 11) is 10.7. The molecule has 1 saturated heterocycles. The highest BCUT2D eigenvalue weighted by Crippen LogP contribution is 2.24. The Morgan fingerprint density at radius 1 is 1.35 bits per heavy atom. The second-order valence-corrected chi connectivity index (χ2v) is 5.90. The van der Waals surface area contributed by atoms with E-state index < -0.39 is 0 Å². The third-order valence-corrected chi connectivity index (χ3v) is 3.84. The summed E-state index contributed by atoms with van der Waals surface area (Å²) >= 11 is 0. The van der Waals surface area contributed by atoms with Gasteiger partial charge >= 0.3 is 6.03 Å². The summed E-state index contributed by atoms with van der Waals surface area (Å²) in [6, 6.07) is 8.38. The number of carbonyl (C=O) groups is 1. The van der Waals surface area contributed by atoms with Crippen molar-refractivity contribution in [2.24, 2.45) is 0 Å². The molecule has 20 heavy (non-hydrogen) atoms. The molecule has 7 heteroatoms. The number of hydrogen-bond donors (Lipinski definition) is 1. The average molecular weight is 291 g/mol. The van der Waals surface area contributed by atoms with Gasteiger partial charge in [-0.15, -0.1) is 0 Å². The van der Waals surface area contributed by atoms with Gasteiger partial charge in [0.1, 0.15) is 0 Å². The van der Waals surface area contributed by atoms with E-state index in [2.05, 4.69) is 58.3 Å². The number of rotatable bonds is 5. The smallest absolute Gasteiger partial charge is 0.320 e. The summed E-state index contributed by atoms with van der Waals surface area (Å²) in [4.78, 5) is 15.7. The minimum absolute atomic E-state index is 0.0400. The van der Waals surface area contributed by atoms with Gasteiger partial charge in [-0.25, -0.2) is 4.79 Å².